The summed E-state index contributed by atoms with van der Waals surface area (Å²) in [6.07, 6.45) is 5.65. The van der Waals surface area contributed by atoms with Crippen molar-refractivity contribution in [1.82, 2.24) is 20.4 Å². The van der Waals surface area contributed by atoms with Crippen molar-refractivity contribution >= 4 is 15.8 Å². The van der Waals surface area contributed by atoms with Gasteiger partial charge < -0.3 is 10.6 Å². The molecule has 1 heterocycles. The van der Waals surface area contributed by atoms with Gasteiger partial charge >= 0.3 is 0 Å². The van der Waals surface area contributed by atoms with E-state index in [9.17, 15) is 8.42 Å². The lowest BCUT2D eigenvalue weighted by molar-refractivity contribution is 0.602. The minimum atomic E-state index is -3.16. The Balaban J connectivity index is 1.46. The van der Waals surface area contributed by atoms with Gasteiger partial charge in [0.1, 0.15) is 0 Å². The lowest BCUT2D eigenvalue weighted by atomic mass is 10.1. The first kappa shape index (κ1) is 20.6. The first-order valence-electron chi connectivity index (χ1n) is 9.28. The van der Waals surface area contributed by atoms with Gasteiger partial charge in [-0.1, -0.05) is 24.3 Å². The summed E-state index contributed by atoms with van der Waals surface area (Å²) < 4.78 is 24.8. The topological polar surface area (TPSA) is 88.4 Å². The second kappa shape index (κ2) is 9.38. The van der Waals surface area contributed by atoms with Crippen LogP contribution in [-0.4, -0.2) is 44.0 Å². The smallest absolute Gasteiger partial charge is 0.191 e. The quantitative estimate of drug-likeness (QED) is 0.460. The van der Waals surface area contributed by atoms with Crippen molar-refractivity contribution in [3.05, 3.63) is 78.1 Å². The molecule has 2 N–H and O–H groups in total. The van der Waals surface area contributed by atoms with Gasteiger partial charge in [0.25, 0.3) is 0 Å². The standard InChI is InChI=1S/C21H25N5O2S/c1-22-21(23-14-12-17-6-10-20(11-7-17)29(2,27)28)24-16-18-4-8-19(9-5-18)26-15-3-13-25-26/h3-11,13,15H,12,14,16H2,1-2H3,(H2,22,23,24). The molecular formula is C21H25N5O2S. The first-order valence-corrected chi connectivity index (χ1v) is 11.2. The van der Waals surface area contributed by atoms with E-state index in [1.54, 1.807) is 25.4 Å². The summed E-state index contributed by atoms with van der Waals surface area (Å²) in [6, 6.07) is 17.0. The van der Waals surface area contributed by atoms with Gasteiger partial charge in [-0.25, -0.2) is 13.1 Å². The molecule has 0 saturated carbocycles. The Bertz CT molecular complexity index is 1040. The molecule has 0 aliphatic carbocycles. The second-order valence-electron chi connectivity index (χ2n) is 6.64. The second-order valence-corrected chi connectivity index (χ2v) is 8.65. The summed E-state index contributed by atoms with van der Waals surface area (Å²) in [4.78, 5) is 4.58. The number of nitrogens with one attached hydrogen (secondary N) is 2. The predicted octanol–water partition coefficient (Wildman–Crippen LogP) is 2.18. The third kappa shape index (κ3) is 5.92. The molecule has 0 fully saturated rings. The fourth-order valence-electron chi connectivity index (χ4n) is 2.82. The molecule has 0 saturated heterocycles. The molecule has 0 aliphatic rings. The molecule has 152 valence electrons. The van der Waals surface area contributed by atoms with Crippen molar-refractivity contribution in [1.29, 1.82) is 0 Å². The van der Waals surface area contributed by atoms with Crippen LogP contribution in [0.25, 0.3) is 5.69 Å². The zero-order valence-corrected chi connectivity index (χ0v) is 17.4. The fourth-order valence-corrected chi connectivity index (χ4v) is 3.45. The van der Waals surface area contributed by atoms with Gasteiger partial charge in [0.15, 0.2) is 15.8 Å². The van der Waals surface area contributed by atoms with Crippen molar-refractivity contribution in [3.8, 4) is 5.69 Å². The van der Waals surface area contributed by atoms with Gasteiger partial charge in [0.2, 0.25) is 0 Å². The molecule has 0 unspecified atom stereocenters. The van der Waals surface area contributed by atoms with Gasteiger partial charge in [0, 0.05) is 38.8 Å². The largest absolute Gasteiger partial charge is 0.356 e. The van der Waals surface area contributed by atoms with Crippen LogP contribution in [0.15, 0.2) is 76.9 Å². The molecule has 2 aromatic carbocycles. The van der Waals surface area contributed by atoms with E-state index in [-0.39, 0.29) is 0 Å². The maximum absolute atomic E-state index is 11.5. The van der Waals surface area contributed by atoms with Gasteiger partial charge in [0.05, 0.1) is 10.6 Å². The molecular weight excluding hydrogens is 386 g/mol. The van der Waals surface area contributed by atoms with E-state index in [0.717, 1.165) is 23.2 Å². The molecule has 1 aromatic heterocycles. The average molecular weight is 412 g/mol. The Kier molecular flexibility index (Phi) is 6.66. The summed E-state index contributed by atoms with van der Waals surface area (Å²) in [5.41, 5.74) is 3.22. The fraction of sp³-hybridized carbons (Fsp3) is 0.238. The Morgan fingerprint density at radius 1 is 1.03 bits per heavy atom. The SMILES string of the molecule is CN=C(NCCc1ccc(S(C)(=O)=O)cc1)NCc1ccc(-n2cccn2)cc1. The molecule has 0 spiro atoms. The summed E-state index contributed by atoms with van der Waals surface area (Å²) in [5.74, 6) is 0.717. The lowest BCUT2D eigenvalue weighted by Gasteiger charge is -2.12. The van der Waals surface area contributed by atoms with Crippen molar-refractivity contribution < 1.29 is 8.42 Å². The summed E-state index contributed by atoms with van der Waals surface area (Å²) in [6.45, 7) is 1.35. The van der Waals surface area contributed by atoms with Crippen LogP contribution in [0.3, 0.4) is 0 Å². The third-order valence-electron chi connectivity index (χ3n) is 4.45. The number of guanidine groups is 1. The van der Waals surface area contributed by atoms with Crippen molar-refractivity contribution in [3.63, 3.8) is 0 Å². The summed E-state index contributed by atoms with van der Waals surface area (Å²) in [7, 11) is -1.42. The van der Waals surface area contributed by atoms with E-state index >= 15 is 0 Å². The van der Waals surface area contributed by atoms with Crippen LogP contribution < -0.4 is 10.6 Å². The zero-order chi connectivity index (χ0) is 20.7. The number of aromatic nitrogens is 2. The average Bonchev–Trinajstić information content (AvgIpc) is 3.25. The minimum Gasteiger partial charge on any atom is -0.356 e. The molecule has 0 radical (unpaired) electrons. The van der Waals surface area contributed by atoms with E-state index in [1.165, 1.54) is 6.26 Å². The maximum atomic E-state index is 11.5. The van der Waals surface area contributed by atoms with Crippen LogP contribution in [0.1, 0.15) is 11.1 Å². The van der Waals surface area contributed by atoms with Crippen LogP contribution in [-0.2, 0) is 22.8 Å². The number of nitrogens with zero attached hydrogens (tertiary/aromatic N) is 3. The molecule has 0 atom stereocenters. The van der Waals surface area contributed by atoms with E-state index in [0.29, 0.717) is 23.9 Å². The van der Waals surface area contributed by atoms with E-state index in [2.05, 4.69) is 32.9 Å². The van der Waals surface area contributed by atoms with Gasteiger partial charge in [-0.3, -0.25) is 4.99 Å². The normalized spacial score (nSPS) is 12.0. The molecule has 0 bridgehead atoms. The molecule has 8 heteroatoms. The number of sulfone groups is 1. The van der Waals surface area contributed by atoms with E-state index in [4.69, 9.17) is 0 Å². The van der Waals surface area contributed by atoms with Crippen LogP contribution in [0.5, 0.6) is 0 Å². The first-order chi connectivity index (χ1) is 14.0. The van der Waals surface area contributed by atoms with Crippen molar-refractivity contribution in [2.24, 2.45) is 4.99 Å². The summed E-state index contributed by atoms with van der Waals surface area (Å²) in [5, 5.41) is 10.8. The molecule has 29 heavy (non-hydrogen) atoms. The number of rotatable bonds is 7. The van der Waals surface area contributed by atoms with Crippen molar-refractivity contribution in [2.75, 3.05) is 19.8 Å². The van der Waals surface area contributed by atoms with Crippen LogP contribution in [0, 0.1) is 0 Å². The highest BCUT2D eigenvalue weighted by atomic mass is 32.2. The summed E-state index contributed by atoms with van der Waals surface area (Å²) >= 11 is 0. The van der Waals surface area contributed by atoms with Gasteiger partial charge in [-0.05, 0) is 47.9 Å². The molecule has 3 aromatic rings. The van der Waals surface area contributed by atoms with Crippen molar-refractivity contribution in [2.45, 2.75) is 17.9 Å². The molecule has 3 rings (SSSR count). The van der Waals surface area contributed by atoms with Crippen LogP contribution in [0.2, 0.25) is 0 Å². The van der Waals surface area contributed by atoms with E-state index in [1.807, 2.05) is 41.2 Å². The lowest BCUT2D eigenvalue weighted by Crippen LogP contribution is -2.37. The van der Waals surface area contributed by atoms with Gasteiger partial charge in [-0.2, -0.15) is 5.10 Å². The Morgan fingerprint density at radius 2 is 1.72 bits per heavy atom. The number of aliphatic imine (C=N–C) groups is 1. The Hall–Kier alpha value is -3.13. The Labute approximate surface area is 171 Å². The van der Waals surface area contributed by atoms with E-state index < -0.39 is 9.84 Å². The predicted molar refractivity (Wildman–Crippen MR) is 115 cm³/mol. The highest BCUT2D eigenvalue weighted by molar-refractivity contribution is 7.90. The van der Waals surface area contributed by atoms with Crippen LogP contribution >= 0.6 is 0 Å². The molecule has 7 nitrogen and oxygen atoms in total. The molecule has 0 aliphatic heterocycles. The highest BCUT2D eigenvalue weighted by Gasteiger charge is 2.06. The number of hydrogen-bond donors (Lipinski definition) is 2. The highest BCUT2D eigenvalue weighted by Crippen LogP contribution is 2.11. The third-order valence-corrected chi connectivity index (χ3v) is 5.57. The number of hydrogen-bond acceptors (Lipinski definition) is 4. The van der Waals surface area contributed by atoms with Gasteiger partial charge in [-0.15, -0.1) is 0 Å². The zero-order valence-electron chi connectivity index (χ0n) is 16.5. The monoisotopic (exact) mass is 411 g/mol. The Morgan fingerprint density at radius 3 is 2.31 bits per heavy atom. The molecule has 0 amide bonds. The van der Waals surface area contributed by atoms with Crippen LogP contribution in [0.4, 0.5) is 0 Å². The maximum Gasteiger partial charge on any atom is 0.191 e. The number of benzene rings is 2. The minimum absolute atomic E-state index is 0.338.